The van der Waals surface area contributed by atoms with Crippen LogP contribution in [0.5, 0.6) is 11.5 Å². The van der Waals surface area contributed by atoms with Crippen molar-refractivity contribution >= 4 is 27.5 Å². The Labute approximate surface area is 162 Å². The highest BCUT2D eigenvalue weighted by molar-refractivity contribution is 7.19. The van der Waals surface area contributed by atoms with E-state index in [4.69, 9.17) is 9.47 Å². The Morgan fingerprint density at radius 2 is 1.85 bits per heavy atom. The Balaban J connectivity index is 1.70. The first-order valence-corrected chi connectivity index (χ1v) is 9.99. The van der Waals surface area contributed by atoms with Crippen molar-refractivity contribution in [3.63, 3.8) is 0 Å². The highest BCUT2D eigenvalue weighted by Crippen LogP contribution is 2.31. The molecule has 0 spiro atoms. The number of rotatable bonds is 7. The number of methoxy groups -OCH3 is 2. The van der Waals surface area contributed by atoms with E-state index in [0.717, 1.165) is 33.8 Å². The molecule has 0 bridgehead atoms. The molecular formula is C21H24N2O3S. The SMILES string of the molecule is COc1cc(Cn2c(C(=O)NCC3CC3)cc3sc(C)cc32)cc(OC)c1. The molecule has 3 aromatic rings. The zero-order valence-corrected chi connectivity index (χ0v) is 16.7. The van der Waals surface area contributed by atoms with Gasteiger partial charge in [-0.25, -0.2) is 0 Å². The Morgan fingerprint density at radius 3 is 2.48 bits per heavy atom. The van der Waals surface area contributed by atoms with Crippen LogP contribution in [0.4, 0.5) is 0 Å². The number of carbonyl (C=O) groups is 1. The number of hydrogen-bond acceptors (Lipinski definition) is 4. The summed E-state index contributed by atoms with van der Waals surface area (Å²) < 4.78 is 14.0. The number of aromatic nitrogens is 1. The number of ether oxygens (including phenoxy) is 2. The molecular weight excluding hydrogens is 360 g/mol. The maximum Gasteiger partial charge on any atom is 0.267 e. The van der Waals surface area contributed by atoms with Crippen LogP contribution in [0.1, 0.15) is 33.8 Å². The second kappa shape index (κ2) is 7.27. The van der Waals surface area contributed by atoms with E-state index in [1.54, 1.807) is 25.6 Å². The molecule has 27 heavy (non-hydrogen) atoms. The van der Waals surface area contributed by atoms with Gasteiger partial charge in [-0.1, -0.05) is 0 Å². The van der Waals surface area contributed by atoms with Crippen LogP contribution in [-0.2, 0) is 6.54 Å². The summed E-state index contributed by atoms with van der Waals surface area (Å²) in [5.74, 6) is 2.14. The summed E-state index contributed by atoms with van der Waals surface area (Å²) in [7, 11) is 3.29. The molecule has 1 amide bonds. The van der Waals surface area contributed by atoms with Crippen LogP contribution in [0.2, 0.25) is 0 Å². The predicted molar refractivity (Wildman–Crippen MR) is 108 cm³/mol. The van der Waals surface area contributed by atoms with E-state index < -0.39 is 0 Å². The van der Waals surface area contributed by atoms with Gasteiger partial charge in [0.05, 0.1) is 24.4 Å². The molecule has 1 fully saturated rings. The van der Waals surface area contributed by atoms with E-state index in [9.17, 15) is 4.79 Å². The molecule has 142 valence electrons. The molecule has 2 heterocycles. The van der Waals surface area contributed by atoms with Crippen molar-refractivity contribution in [2.45, 2.75) is 26.3 Å². The van der Waals surface area contributed by atoms with Gasteiger partial charge in [-0.3, -0.25) is 4.79 Å². The maximum atomic E-state index is 12.8. The lowest BCUT2D eigenvalue weighted by Crippen LogP contribution is -2.27. The number of thiophene rings is 1. The van der Waals surface area contributed by atoms with E-state index in [0.29, 0.717) is 18.2 Å². The number of hydrogen-bond donors (Lipinski definition) is 1. The van der Waals surface area contributed by atoms with Crippen LogP contribution in [0.15, 0.2) is 30.3 Å². The molecule has 0 unspecified atom stereocenters. The van der Waals surface area contributed by atoms with Crippen molar-refractivity contribution in [3.05, 3.63) is 46.5 Å². The molecule has 1 aliphatic rings. The maximum absolute atomic E-state index is 12.8. The van der Waals surface area contributed by atoms with Crippen LogP contribution in [0.3, 0.4) is 0 Å². The molecule has 1 N–H and O–H groups in total. The van der Waals surface area contributed by atoms with Crippen LogP contribution in [0.25, 0.3) is 10.2 Å². The molecule has 6 heteroatoms. The average Bonchev–Trinajstić information content (AvgIpc) is 3.35. The molecule has 0 atom stereocenters. The molecule has 0 saturated heterocycles. The third-order valence-corrected chi connectivity index (χ3v) is 5.93. The minimum Gasteiger partial charge on any atom is -0.497 e. The van der Waals surface area contributed by atoms with Crippen LogP contribution >= 0.6 is 11.3 Å². The molecule has 0 radical (unpaired) electrons. The highest BCUT2D eigenvalue weighted by atomic mass is 32.1. The molecule has 1 aliphatic carbocycles. The summed E-state index contributed by atoms with van der Waals surface area (Å²) in [6, 6.07) is 9.98. The molecule has 5 nitrogen and oxygen atoms in total. The largest absolute Gasteiger partial charge is 0.497 e. The second-order valence-corrected chi connectivity index (χ2v) is 8.38. The van der Waals surface area contributed by atoms with Crippen molar-refractivity contribution in [3.8, 4) is 11.5 Å². The minimum atomic E-state index is -0.00202. The summed E-state index contributed by atoms with van der Waals surface area (Å²) >= 11 is 1.72. The third kappa shape index (κ3) is 3.81. The van der Waals surface area contributed by atoms with Gasteiger partial charge in [-0.15, -0.1) is 11.3 Å². The van der Waals surface area contributed by atoms with E-state index in [2.05, 4.69) is 22.9 Å². The summed E-state index contributed by atoms with van der Waals surface area (Å²) in [6.07, 6.45) is 2.44. The Hall–Kier alpha value is -2.47. The van der Waals surface area contributed by atoms with Gasteiger partial charge in [-0.2, -0.15) is 0 Å². The van der Waals surface area contributed by atoms with Gasteiger partial charge in [0.1, 0.15) is 17.2 Å². The highest BCUT2D eigenvalue weighted by Gasteiger charge is 2.23. The van der Waals surface area contributed by atoms with E-state index >= 15 is 0 Å². The Bertz CT molecular complexity index is 963. The molecule has 2 aromatic heterocycles. The topological polar surface area (TPSA) is 52.5 Å². The van der Waals surface area contributed by atoms with Gasteiger partial charge in [0.25, 0.3) is 5.91 Å². The molecule has 4 rings (SSSR count). The van der Waals surface area contributed by atoms with Crippen molar-refractivity contribution in [1.82, 2.24) is 9.88 Å². The van der Waals surface area contributed by atoms with Crippen LogP contribution < -0.4 is 14.8 Å². The standard InChI is InChI=1S/C21H24N2O3S/c1-13-6-18-20(27-13)10-19(21(24)22-11-14-4-5-14)23(18)12-15-7-16(25-2)9-17(8-15)26-3/h6-10,14H,4-5,11-12H2,1-3H3,(H,22,24). The van der Waals surface area contributed by atoms with Crippen molar-refractivity contribution < 1.29 is 14.3 Å². The lowest BCUT2D eigenvalue weighted by Gasteiger charge is -2.13. The first-order valence-electron chi connectivity index (χ1n) is 9.17. The predicted octanol–water partition coefficient (Wildman–Crippen LogP) is 4.22. The summed E-state index contributed by atoms with van der Waals surface area (Å²) in [6.45, 7) is 3.44. The number of amides is 1. The first-order chi connectivity index (χ1) is 13.1. The lowest BCUT2D eigenvalue weighted by molar-refractivity contribution is 0.0943. The van der Waals surface area contributed by atoms with Gasteiger partial charge < -0.3 is 19.4 Å². The average molecular weight is 385 g/mol. The first kappa shape index (κ1) is 17.9. The minimum absolute atomic E-state index is 0.00202. The van der Waals surface area contributed by atoms with E-state index in [1.807, 2.05) is 24.3 Å². The second-order valence-electron chi connectivity index (χ2n) is 7.10. The van der Waals surface area contributed by atoms with Gasteiger partial charge in [0.2, 0.25) is 0 Å². The van der Waals surface area contributed by atoms with E-state index in [-0.39, 0.29) is 5.91 Å². The Morgan fingerprint density at radius 1 is 1.15 bits per heavy atom. The third-order valence-electron chi connectivity index (χ3n) is 4.95. The van der Waals surface area contributed by atoms with Crippen molar-refractivity contribution in [1.29, 1.82) is 0 Å². The number of nitrogens with one attached hydrogen (secondary N) is 1. The van der Waals surface area contributed by atoms with E-state index in [1.165, 1.54) is 17.7 Å². The number of aryl methyl sites for hydroxylation is 1. The normalized spacial score (nSPS) is 13.7. The summed E-state index contributed by atoms with van der Waals surface area (Å²) in [5.41, 5.74) is 2.83. The fraction of sp³-hybridized carbons (Fsp3) is 0.381. The lowest BCUT2D eigenvalue weighted by atomic mass is 10.2. The zero-order chi connectivity index (χ0) is 19.0. The number of fused-ring (bicyclic) bond motifs is 1. The van der Waals surface area contributed by atoms with Crippen molar-refractivity contribution in [2.24, 2.45) is 5.92 Å². The van der Waals surface area contributed by atoms with Gasteiger partial charge in [-0.05, 0) is 55.5 Å². The zero-order valence-electron chi connectivity index (χ0n) is 15.9. The van der Waals surface area contributed by atoms with Gasteiger partial charge in [0.15, 0.2) is 0 Å². The molecule has 1 saturated carbocycles. The number of nitrogens with zero attached hydrogens (tertiary/aromatic N) is 1. The monoisotopic (exact) mass is 384 g/mol. The van der Waals surface area contributed by atoms with Gasteiger partial charge >= 0.3 is 0 Å². The molecule has 1 aromatic carbocycles. The summed E-state index contributed by atoms with van der Waals surface area (Å²) in [5, 5.41) is 3.09. The number of benzene rings is 1. The molecule has 0 aliphatic heterocycles. The fourth-order valence-electron chi connectivity index (χ4n) is 3.31. The quantitative estimate of drug-likeness (QED) is 0.664. The van der Waals surface area contributed by atoms with Crippen molar-refractivity contribution in [2.75, 3.05) is 20.8 Å². The number of carbonyl (C=O) groups excluding carboxylic acids is 1. The van der Waals surface area contributed by atoms with Crippen LogP contribution in [0, 0.1) is 12.8 Å². The Kier molecular flexibility index (Phi) is 4.83. The summed E-state index contributed by atoms with van der Waals surface area (Å²) in [4.78, 5) is 14.0. The van der Waals surface area contributed by atoms with Gasteiger partial charge in [0, 0.05) is 24.0 Å². The smallest absolute Gasteiger partial charge is 0.267 e. The fourth-order valence-corrected chi connectivity index (χ4v) is 4.27. The van der Waals surface area contributed by atoms with Crippen LogP contribution in [-0.4, -0.2) is 31.2 Å².